The molecule has 2 nitrogen and oxygen atoms in total. The van der Waals surface area contributed by atoms with Gasteiger partial charge in [-0.1, -0.05) is 26.0 Å². The van der Waals surface area contributed by atoms with Crippen LogP contribution < -0.4 is 0 Å². The van der Waals surface area contributed by atoms with Crippen molar-refractivity contribution in [3.05, 3.63) is 59.2 Å². The lowest BCUT2D eigenvalue weighted by Gasteiger charge is -2.08. The predicted molar refractivity (Wildman–Crippen MR) is 79.3 cm³/mol. The normalized spacial score (nSPS) is 10.6. The number of aromatic nitrogens is 2. The fraction of sp³-hybridized carbons (Fsp3) is 0.412. The summed E-state index contributed by atoms with van der Waals surface area (Å²) < 4.78 is 0. The minimum atomic E-state index is 1.02. The summed E-state index contributed by atoms with van der Waals surface area (Å²) in [7, 11) is 0. The first-order valence-corrected chi connectivity index (χ1v) is 7.20. The highest BCUT2D eigenvalue weighted by atomic mass is 14.7. The molecule has 0 atom stereocenters. The maximum atomic E-state index is 4.44. The standard InChI is InChI=1S/C17H22N2/c1-3-16-14(10-6-12-18-16)8-5-9-15-11-7-13-19-17(15)4-2/h6-7,10-13H,3-5,8-9H2,1-2H3. The summed E-state index contributed by atoms with van der Waals surface area (Å²) in [6.07, 6.45) is 9.19. The van der Waals surface area contributed by atoms with E-state index < -0.39 is 0 Å². The third-order valence-electron chi connectivity index (χ3n) is 3.53. The van der Waals surface area contributed by atoms with Crippen LogP contribution in [0, 0.1) is 0 Å². The van der Waals surface area contributed by atoms with Gasteiger partial charge in [0.05, 0.1) is 0 Å². The number of aryl methyl sites for hydroxylation is 4. The van der Waals surface area contributed by atoms with Crippen molar-refractivity contribution in [1.82, 2.24) is 9.97 Å². The number of hydrogen-bond donors (Lipinski definition) is 0. The average molecular weight is 254 g/mol. The van der Waals surface area contributed by atoms with Crippen LogP contribution in [-0.2, 0) is 25.7 Å². The SMILES string of the molecule is CCc1ncccc1CCCc1cccnc1CC. The van der Waals surface area contributed by atoms with Crippen molar-refractivity contribution in [2.45, 2.75) is 46.0 Å². The molecule has 2 aromatic rings. The van der Waals surface area contributed by atoms with E-state index >= 15 is 0 Å². The number of pyridine rings is 2. The molecule has 100 valence electrons. The Bertz CT molecular complexity index is 473. The maximum absolute atomic E-state index is 4.44. The van der Waals surface area contributed by atoms with Gasteiger partial charge >= 0.3 is 0 Å². The quantitative estimate of drug-likeness (QED) is 0.784. The van der Waals surface area contributed by atoms with Crippen LogP contribution in [-0.4, -0.2) is 9.97 Å². The van der Waals surface area contributed by atoms with Crippen LogP contribution in [0.25, 0.3) is 0 Å². The van der Waals surface area contributed by atoms with Gasteiger partial charge in [0.15, 0.2) is 0 Å². The molecule has 19 heavy (non-hydrogen) atoms. The fourth-order valence-corrected chi connectivity index (χ4v) is 2.50. The van der Waals surface area contributed by atoms with Crippen LogP contribution in [0.5, 0.6) is 0 Å². The first-order chi connectivity index (χ1) is 9.35. The molecule has 0 unspecified atom stereocenters. The van der Waals surface area contributed by atoms with E-state index in [2.05, 4.69) is 35.9 Å². The number of rotatable bonds is 6. The van der Waals surface area contributed by atoms with Gasteiger partial charge in [0, 0.05) is 23.8 Å². The van der Waals surface area contributed by atoms with E-state index in [1.165, 1.54) is 22.5 Å². The van der Waals surface area contributed by atoms with Gasteiger partial charge in [0.25, 0.3) is 0 Å². The van der Waals surface area contributed by atoms with Gasteiger partial charge in [-0.3, -0.25) is 9.97 Å². The second-order valence-electron chi connectivity index (χ2n) is 4.78. The molecule has 0 saturated carbocycles. The summed E-state index contributed by atoms with van der Waals surface area (Å²) in [6.45, 7) is 4.34. The van der Waals surface area contributed by atoms with Gasteiger partial charge in [0.1, 0.15) is 0 Å². The van der Waals surface area contributed by atoms with E-state index in [1.54, 1.807) is 0 Å². The van der Waals surface area contributed by atoms with E-state index in [9.17, 15) is 0 Å². The van der Waals surface area contributed by atoms with Crippen molar-refractivity contribution in [3.63, 3.8) is 0 Å². The Morgan fingerprint density at radius 2 is 1.26 bits per heavy atom. The molecule has 0 amide bonds. The highest BCUT2D eigenvalue weighted by Gasteiger charge is 2.04. The smallest absolute Gasteiger partial charge is 0.0432 e. The van der Waals surface area contributed by atoms with Crippen LogP contribution >= 0.6 is 0 Å². The van der Waals surface area contributed by atoms with Crippen molar-refractivity contribution >= 4 is 0 Å². The summed E-state index contributed by atoms with van der Waals surface area (Å²) >= 11 is 0. The van der Waals surface area contributed by atoms with Crippen LogP contribution in [0.2, 0.25) is 0 Å². The zero-order valence-electron chi connectivity index (χ0n) is 11.9. The van der Waals surface area contributed by atoms with E-state index in [0.717, 1.165) is 32.1 Å². The van der Waals surface area contributed by atoms with Crippen LogP contribution in [0.1, 0.15) is 42.8 Å². The van der Waals surface area contributed by atoms with E-state index in [4.69, 9.17) is 0 Å². The second-order valence-corrected chi connectivity index (χ2v) is 4.78. The number of nitrogens with zero attached hydrogens (tertiary/aromatic N) is 2. The van der Waals surface area contributed by atoms with Crippen molar-refractivity contribution in [1.29, 1.82) is 0 Å². The lowest BCUT2D eigenvalue weighted by atomic mass is 10.0. The van der Waals surface area contributed by atoms with Gasteiger partial charge in [0.2, 0.25) is 0 Å². The van der Waals surface area contributed by atoms with Gasteiger partial charge in [-0.25, -0.2) is 0 Å². The molecule has 2 heteroatoms. The molecule has 0 N–H and O–H groups in total. The summed E-state index contributed by atoms with van der Waals surface area (Å²) in [4.78, 5) is 8.89. The monoisotopic (exact) mass is 254 g/mol. The third-order valence-corrected chi connectivity index (χ3v) is 3.53. The molecule has 0 spiro atoms. The zero-order valence-corrected chi connectivity index (χ0v) is 11.9. The minimum Gasteiger partial charge on any atom is -0.261 e. The third kappa shape index (κ3) is 3.63. The predicted octanol–water partition coefficient (Wildman–Crippen LogP) is 3.78. The topological polar surface area (TPSA) is 25.8 Å². The molecule has 0 radical (unpaired) electrons. The maximum Gasteiger partial charge on any atom is 0.0432 e. The van der Waals surface area contributed by atoms with Gasteiger partial charge in [-0.15, -0.1) is 0 Å². The molecule has 0 bridgehead atoms. The fourth-order valence-electron chi connectivity index (χ4n) is 2.50. The highest BCUT2D eigenvalue weighted by Crippen LogP contribution is 2.13. The summed E-state index contributed by atoms with van der Waals surface area (Å²) in [5.74, 6) is 0. The Balaban J connectivity index is 1.96. The lowest BCUT2D eigenvalue weighted by molar-refractivity contribution is 0.786. The van der Waals surface area contributed by atoms with E-state index in [0.29, 0.717) is 0 Å². The molecule has 0 aromatic carbocycles. The molecule has 2 aromatic heterocycles. The summed E-state index contributed by atoms with van der Waals surface area (Å²) in [6, 6.07) is 8.48. The Morgan fingerprint density at radius 3 is 1.68 bits per heavy atom. The van der Waals surface area contributed by atoms with Crippen molar-refractivity contribution in [3.8, 4) is 0 Å². The molecule has 2 rings (SSSR count). The van der Waals surface area contributed by atoms with E-state index in [-0.39, 0.29) is 0 Å². The van der Waals surface area contributed by atoms with Crippen LogP contribution in [0.15, 0.2) is 36.7 Å². The second kappa shape index (κ2) is 7.03. The van der Waals surface area contributed by atoms with Gasteiger partial charge < -0.3 is 0 Å². The molecule has 2 heterocycles. The van der Waals surface area contributed by atoms with Gasteiger partial charge in [-0.2, -0.15) is 0 Å². The Labute approximate surface area is 115 Å². The highest BCUT2D eigenvalue weighted by molar-refractivity contribution is 5.22. The number of hydrogen-bond acceptors (Lipinski definition) is 2. The largest absolute Gasteiger partial charge is 0.261 e. The zero-order chi connectivity index (χ0) is 13.5. The molecular formula is C17H22N2. The lowest BCUT2D eigenvalue weighted by Crippen LogP contribution is -2.00. The Hall–Kier alpha value is -1.70. The molecule has 0 fully saturated rings. The van der Waals surface area contributed by atoms with Crippen LogP contribution in [0.4, 0.5) is 0 Å². The van der Waals surface area contributed by atoms with Crippen molar-refractivity contribution < 1.29 is 0 Å². The average Bonchev–Trinajstić information content (AvgIpc) is 2.48. The molecule has 0 aliphatic rings. The van der Waals surface area contributed by atoms with Crippen molar-refractivity contribution in [2.24, 2.45) is 0 Å². The summed E-state index contributed by atoms with van der Waals surface area (Å²) in [5, 5.41) is 0. The molecular weight excluding hydrogens is 232 g/mol. The first-order valence-electron chi connectivity index (χ1n) is 7.20. The molecule has 0 saturated heterocycles. The van der Waals surface area contributed by atoms with Crippen molar-refractivity contribution in [2.75, 3.05) is 0 Å². The minimum absolute atomic E-state index is 1.02. The Morgan fingerprint density at radius 1 is 0.789 bits per heavy atom. The van der Waals surface area contributed by atoms with Gasteiger partial charge in [-0.05, 0) is 55.4 Å². The first kappa shape index (κ1) is 13.7. The van der Waals surface area contributed by atoms with Crippen LogP contribution in [0.3, 0.4) is 0 Å². The van der Waals surface area contributed by atoms with E-state index in [1.807, 2.05) is 24.5 Å². The molecule has 0 aliphatic carbocycles. The Kier molecular flexibility index (Phi) is 5.08. The summed E-state index contributed by atoms with van der Waals surface area (Å²) in [5.41, 5.74) is 5.27. The molecule has 0 aliphatic heterocycles.